The number of ether oxygens (including phenoxy) is 2. The number of methoxy groups -OCH3 is 1. The highest BCUT2D eigenvalue weighted by Gasteiger charge is 2.29. The third-order valence-electron chi connectivity index (χ3n) is 5.81. The second-order valence-corrected chi connectivity index (χ2v) is 10.2. The van der Waals surface area contributed by atoms with Crippen molar-refractivity contribution in [1.82, 2.24) is 9.29 Å². The third-order valence-corrected chi connectivity index (χ3v) is 7.73. The monoisotopic (exact) mass is 495 g/mol. The molecular formula is C26H29N3O5S. The van der Waals surface area contributed by atoms with Crippen molar-refractivity contribution in [3.63, 3.8) is 0 Å². The van der Waals surface area contributed by atoms with Crippen LogP contribution in [0.2, 0.25) is 0 Å². The van der Waals surface area contributed by atoms with E-state index in [-0.39, 0.29) is 16.2 Å². The maximum Gasteiger partial charge on any atom is 0.255 e. The molecule has 35 heavy (non-hydrogen) atoms. The van der Waals surface area contributed by atoms with Crippen molar-refractivity contribution in [2.45, 2.75) is 37.2 Å². The van der Waals surface area contributed by atoms with E-state index in [2.05, 4.69) is 10.3 Å². The molecule has 0 atom stereocenters. The first kappa shape index (κ1) is 24.7. The summed E-state index contributed by atoms with van der Waals surface area (Å²) >= 11 is 0. The lowest BCUT2D eigenvalue weighted by Gasteiger charge is -2.21. The van der Waals surface area contributed by atoms with Crippen molar-refractivity contribution >= 4 is 21.6 Å². The number of rotatable bonds is 8. The van der Waals surface area contributed by atoms with Crippen LogP contribution in [0.25, 0.3) is 0 Å². The van der Waals surface area contributed by atoms with Gasteiger partial charge in [-0.05, 0) is 55.3 Å². The van der Waals surface area contributed by atoms with Gasteiger partial charge in [-0.15, -0.1) is 0 Å². The lowest BCUT2D eigenvalue weighted by Crippen LogP contribution is -2.32. The summed E-state index contributed by atoms with van der Waals surface area (Å²) in [4.78, 5) is 17.2. The molecule has 8 nitrogen and oxygen atoms in total. The smallest absolute Gasteiger partial charge is 0.255 e. The van der Waals surface area contributed by atoms with Crippen molar-refractivity contribution in [2.24, 2.45) is 0 Å². The molecule has 1 saturated heterocycles. The van der Waals surface area contributed by atoms with E-state index >= 15 is 0 Å². The summed E-state index contributed by atoms with van der Waals surface area (Å²) in [6.45, 7) is 1.23. The van der Waals surface area contributed by atoms with E-state index in [9.17, 15) is 13.2 Å². The Bertz CT molecular complexity index is 1260. The topological polar surface area (TPSA) is 97.8 Å². The normalized spacial score (nSPS) is 14.7. The molecule has 1 amide bonds. The van der Waals surface area contributed by atoms with E-state index in [4.69, 9.17) is 9.47 Å². The second kappa shape index (κ2) is 11.3. The number of benzene rings is 2. The van der Waals surface area contributed by atoms with Crippen molar-refractivity contribution in [3.05, 3.63) is 78.1 Å². The van der Waals surface area contributed by atoms with Gasteiger partial charge in [0.05, 0.1) is 12.8 Å². The van der Waals surface area contributed by atoms with E-state index in [1.165, 1.54) is 23.5 Å². The van der Waals surface area contributed by atoms with Gasteiger partial charge in [0.2, 0.25) is 10.0 Å². The van der Waals surface area contributed by atoms with Crippen LogP contribution in [0, 0.1) is 0 Å². The van der Waals surface area contributed by atoms with Crippen LogP contribution in [-0.4, -0.2) is 43.8 Å². The Morgan fingerprint density at radius 1 is 1.00 bits per heavy atom. The van der Waals surface area contributed by atoms with E-state index in [1.54, 1.807) is 36.5 Å². The summed E-state index contributed by atoms with van der Waals surface area (Å²) < 4.78 is 39.3. The Balaban J connectivity index is 1.51. The SMILES string of the molecule is COc1ccc(C(=O)Nc2cccc(OCc3ccccn3)c2)cc1S(=O)(=O)N1CCCCCC1. The van der Waals surface area contributed by atoms with Gasteiger partial charge in [-0.25, -0.2) is 8.42 Å². The minimum absolute atomic E-state index is 0.00185. The van der Waals surface area contributed by atoms with E-state index in [0.29, 0.717) is 31.1 Å². The van der Waals surface area contributed by atoms with E-state index in [0.717, 1.165) is 31.4 Å². The highest BCUT2D eigenvalue weighted by molar-refractivity contribution is 7.89. The first-order valence-corrected chi connectivity index (χ1v) is 13.0. The molecule has 2 heterocycles. The Morgan fingerprint density at radius 2 is 1.80 bits per heavy atom. The maximum atomic E-state index is 13.4. The number of hydrogen-bond donors (Lipinski definition) is 1. The van der Waals surface area contributed by atoms with Gasteiger partial charge in [-0.2, -0.15) is 4.31 Å². The first-order chi connectivity index (χ1) is 17.0. The van der Waals surface area contributed by atoms with Crippen LogP contribution in [-0.2, 0) is 16.6 Å². The summed E-state index contributed by atoms with van der Waals surface area (Å²) in [5.74, 6) is 0.366. The van der Waals surface area contributed by atoms with Gasteiger partial charge in [0, 0.05) is 36.6 Å². The molecule has 0 saturated carbocycles. The molecule has 0 unspecified atom stereocenters. The molecule has 0 aliphatic carbocycles. The summed E-state index contributed by atoms with van der Waals surface area (Å²) in [5.41, 5.74) is 1.54. The number of hydrogen-bond acceptors (Lipinski definition) is 6. The number of amides is 1. The fourth-order valence-electron chi connectivity index (χ4n) is 3.95. The van der Waals surface area contributed by atoms with Gasteiger partial charge in [0.1, 0.15) is 23.0 Å². The lowest BCUT2D eigenvalue weighted by molar-refractivity contribution is 0.102. The molecule has 4 rings (SSSR count). The predicted molar refractivity (Wildman–Crippen MR) is 133 cm³/mol. The molecule has 1 aliphatic rings. The van der Waals surface area contributed by atoms with Crippen molar-refractivity contribution in [1.29, 1.82) is 0 Å². The van der Waals surface area contributed by atoms with Gasteiger partial charge in [0.25, 0.3) is 5.91 Å². The van der Waals surface area contributed by atoms with Crippen molar-refractivity contribution < 1.29 is 22.7 Å². The number of nitrogens with zero attached hydrogens (tertiary/aromatic N) is 2. The zero-order valence-electron chi connectivity index (χ0n) is 19.6. The minimum atomic E-state index is -3.80. The molecule has 1 fully saturated rings. The molecule has 3 aromatic rings. The predicted octanol–water partition coefficient (Wildman–Crippen LogP) is 4.49. The lowest BCUT2D eigenvalue weighted by atomic mass is 10.2. The van der Waals surface area contributed by atoms with Gasteiger partial charge in [-0.3, -0.25) is 9.78 Å². The van der Waals surface area contributed by atoms with Crippen LogP contribution >= 0.6 is 0 Å². The molecule has 9 heteroatoms. The molecule has 184 valence electrons. The van der Waals surface area contributed by atoms with E-state index < -0.39 is 15.9 Å². The summed E-state index contributed by atoms with van der Waals surface area (Å²) in [5, 5.41) is 2.82. The van der Waals surface area contributed by atoms with Gasteiger partial charge in [-0.1, -0.05) is 25.0 Å². The Kier molecular flexibility index (Phi) is 7.99. The van der Waals surface area contributed by atoms with Gasteiger partial charge < -0.3 is 14.8 Å². The maximum absolute atomic E-state index is 13.4. The summed E-state index contributed by atoms with van der Waals surface area (Å²) in [7, 11) is -2.37. The third kappa shape index (κ3) is 6.17. The van der Waals surface area contributed by atoms with E-state index in [1.807, 2.05) is 18.2 Å². The zero-order chi connectivity index (χ0) is 24.7. The molecule has 1 aliphatic heterocycles. The highest BCUT2D eigenvalue weighted by Crippen LogP contribution is 2.30. The summed E-state index contributed by atoms with van der Waals surface area (Å²) in [6, 6.07) is 17.1. The molecule has 0 bridgehead atoms. The average Bonchev–Trinajstić information content (AvgIpc) is 3.18. The van der Waals surface area contributed by atoms with Crippen LogP contribution in [0.4, 0.5) is 5.69 Å². The van der Waals surface area contributed by atoms with Crippen LogP contribution in [0.3, 0.4) is 0 Å². The quantitative estimate of drug-likeness (QED) is 0.495. The number of sulfonamides is 1. The standard InChI is InChI=1S/C26H29N3O5S/c1-33-24-13-12-20(17-25(24)35(31,32)29-15-6-2-3-7-16-29)26(30)28-21-10-8-11-23(18-21)34-19-22-9-4-5-14-27-22/h4-5,8-14,17-18H,2-3,6-7,15-16,19H2,1H3,(H,28,30). The van der Waals surface area contributed by atoms with Crippen molar-refractivity contribution in [2.75, 3.05) is 25.5 Å². The van der Waals surface area contributed by atoms with Crippen LogP contribution in [0.5, 0.6) is 11.5 Å². The Hall–Kier alpha value is -3.43. The summed E-state index contributed by atoms with van der Waals surface area (Å²) in [6.07, 6.45) is 5.36. The van der Waals surface area contributed by atoms with Crippen molar-refractivity contribution in [3.8, 4) is 11.5 Å². The number of nitrogens with one attached hydrogen (secondary N) is 1. The minimum Gasteiger partial charge on any atom is -0.495 e. The van der Waals surface area contributed by atoms with Crippen LogP contribution < -0.4 is 14.8 Å². The molecule has 1 aromatic heterocycles. The fraction of sp³-hybridized carbons (Fsp3) is 0.308. The molecule has 1 N–H and O–H groups in total. The average molecular weight is 496 g/mol. The number of anilines is 1. The van der Waals surface area contributed by atoms with Crippen LogP contribution in [0.15, 0.2) is 71.8 Å². The number of carbonyl (C=O) groups is 1. The number of pyridine rings is 1. The molecule has 2 aromatic carbocycles. The Morgan fingerprint density at radius 3 is 2.51 bits per heavy atom. The van der Waals surface area contributed by atoms with Crippen LogP contribution in [0.1, 0.15) is 41.7 Å². The molecule has 0 radical (unpaired) electrons. The zero-order valence-corrected chi connectivity index (χ0v) is 20.5. The molecular weight excluding hydrogens is 466 g/mol. The number of aromatic nitrogens is 1. The van der Waals surface area contributed by atoms with Gasteiger partial charge in [0.15, 0.2) is 0 Å². The Labute approximate surface area is 206 Å². The largest absolute Gasteiger partial charge is 0.495 e. The fourth-order valence-corrected chi connectivity index (χ4v) is 5.65. The first-order valence-electron chi connectivity index (χ1n) is 11.6. The molecule has 0 spiro atoms. The second-order valence-electron chi connectivity index (χ2n) is 8.28. The number of carbonyl (C=O) groups excluding carboxylic acids is 1. The van der Waals surface area contributed by atoms with Gasteiger partial charge >= 0.3 is 0 Å². The highest BCUT2D eigenvalue weighted by atomic mass is 32.2.